The second-order valence-electron chi connectivity index (χ2n) is 9.26. The number of rotatable bonds is 7. The van der Waals surface area contributed by atoms with Crippen LogP contribution in [0.3, 0.4) is 0 Å². The van der Waals surface area contributed by atoms with Gasteiger partial charge in [-0.25, -0.2) is 4.39 Å². The number of aromatic nitrogens is 1. The second-order valence-corrected chi connectivity index (χ2v) is 9.67. The van der Waals surface area contributed by atoms with Crippen molar-refractivity contribution in [1.29, 1.82) is 0 Å². The van der Waals surface area contributed by atoms with Gasteiger partial charge in [0.15, 0.2) is 5.69 Å². The maximum atomic E-state index is 14.3. The van der Waals surface area contributed by atoms with E-state index in [1.807, 2.05) is 0 Å². The molecule has 1 aliphatic carbocycles. The highest BCUT2D eigenvalue weighted by Crippen LogP contribution is 2.48. The summed E-state index contributed by atoms with van der Waals surface area (Å²) < 4.78 is 26.5. The number of esters is 1. The molecule has 0 atom stereocenters. The molecule has 0 unspecified atom stereocenters. The molecule has 36 heavy (non-hydrogen) atoms. The Labute approximate surface area is 212 Å². The van der Waals surface area contributed by atoms with Crippen molar-refractivity contribution in [1.82, 2.24) is 14.8 Å². The van der Waals surface area contributed by atoms with Crippen molar-refractivity contribution in [3.05, 3.63) is 62.3 Å². The van der Waals surface area contributed by atoms with Crippen LogP contribution in [0, 0.1) is 11.7 Å². The fraction of sp³-hybridized carbons (Fsp3) is 0.440. The largest absolute Gasteiger partial charge is 0.420 e. The summed E-state index contributed by atoms with van der Waals surface area (Å²) in [6.45, 7) is 2.22. The Morgan fingerprint density at radius 1 is 1.28 bits per heavy atom. The van der Waals surface area contributed by atoms with Gasteiger partial charge in [-0.2, -0.15) is 0 Å². The number of hydrogen-bond acceptors (Lipinski definition) is 6. The number of carbonyl (C=O) groups is 3. The molecule has 11 heteroatoms. The molecule has 1 saturated carbocycles. The van der Waals surface area contributed by atoms with Gasteiger partial charge in [0.25, 0.3) is 11.8 Å². The first-order chi connectivity index (χ1) is 17.1. The topological polar surface area (TPSA) is 107 Å². The normalized spacial score (nSPS) is 20.6. The molecule has 1 aliphatic heterocycles. The van der Waals surface area contributed by atoms with Crippen molar-refractivity contribution in [2.75, 3.05) is 27.3 Å². The van der Waals surface area contributed by atoms with Crippen LogP contribution in [0.25, 0.3) is 0 Å². The number of halogens is 2. The first-order valence-corrected chi connectivity index (χ1v) is 12.0. The monoisotopic (exact) mass is 519 g/mol. The zero-order chi connectivity index (χ0) is 26.2. The van der Waals surface area contributed by atoms with Crippen molar-refractivity contribution in [2.45, 2.75) is 38.3 Å². The van der Waals surface area contributed by atoms with E-state index in [9.17, 15) is 23.6 Å². The molecule has 9 nitrogen and oxygen atoms in total. The van der Waals surface area contributed by atoms with Gasteiger partial charge in [0, 0.05) is 52.0 Å². The molecule has 0 saturated heterocycles. The molecule has 192 valence electrons. The third kappa shape index (κ3) is 4.51. The molecule has 0 radical (unpaired) electrons. The summed E-state index contributed by atoms with van der Waals surface area (Å²) in [5.41, 5.74) is -1.72. The van der Waals surface area contributed by atoms with Crippen LogP contribution in [0.15, 0.2) is 29.2 Å². The lowest BCUT2D eigenvalue weighted by Gasteiger charge is -2.54. The van der Waals surface area contributed by atoms with Crippen LogP contribution < -0.4 is 15.5 Å². The number of fused-ring (bicyclic) bond motifs is 2. The highest BCUT2D eigenvalue weighted by Gasteiger charge is 2.52. The van der Waals surface area contributed by atoms with Gasteiger partial charge in [-0.3, -0.25) is 19.2 Å². The standard InChI is InChI=1S/C25H27ClFN3O6/c1-4-18(31)36-22-20-24(34)29(2)13-25(8-14(9-25)12-35-3)30(20)11-16(21(22)32)23(33)28-10-15-6-5-7-17(26)19(15)27/h5-7,11,14H,4,8-10,12-13H2,1-3H3,(H,28,33)/t14-,25+. The lowest BCUT2D eigenvalue weighted by Crippen LogP contribution is -2.60. The van der Waals surface area contributed by atoms with Crippen LogP contribution in [0.4, 0.5) is 4.39 Å². The predicted octanol–water partition coefficient (Wildman–Crippen LogP) is 2.72. The van der Waals surface area contributed by atoms with Gasteiger partial charge in [-0.05, 0) is 24.8 Å². The summed E-state index contributed by atoms with van der Waals surface area (Å²) in [6.07, 6.45) is 2.60. The van der Waals surface area contributed by atoms with Crippen LogP contribution in [0.1, 0.15) is 52.6 Å². The SMILES string of the molecule is CCC(=O)Oc1c2n(cc(C(=O)NCc3cccc(Cl)c3F)c1=O)[C@]1(CN(C)C2=O)C[C@H](COC)C1. The number of benzene rings is 1. The number of carbonyl (C=O) groups excluding carboxylic acids is 3. The van der Waals surface area contributed by atoms with Crippen LogP contribution >= 0.6 is 11.6 Å². The van der Waals surface area contributed by atoms with Crippen LogP contribution in [-0.4, -0.2) is 54.6 Å². The Kier molecular flexibility index (Phi) is 7.19. The number of nitrogens with one attached hydrogen (secondary N) is 1. The van der Waals surface area contributed by atoms with Gasteiger partial charge >= 0.3 is 5.97 Å². The molecule has 2 heterocycles. The molecule has 1 spiro atoms. The molecule has 2 aromatic rings. The molecule has 0 bridgehead atoms. The first-order valence-electron chi connectivity index (χ1n) is 11.6. The predicted molar refractivity (Wildman–Crippen MR) is 129 cm³/mol. The minimum absolute atomic E-state index is 0.0333. The average Bonchev–Trinajstić information content (AvgIpc) is 2.83. The molecular weight excluding hydrogens is 493 g/mol. The fourth-order valence-electron chi connectivity index (χ4n) is 5.03. The second kappa shape index (κ2) is 10.0. The van der Waals surface area contributed by atoms with Crippen molar-refractivity contribution >= 4 is 29.4 Å². The van der Waals surface area contributed by atoms with E-state index in [1.54, 1.807) is 31.7 Å². The summed E-state index contributed by atoms with van der Waals surface area (Å²) in [5.74, 6) is -2.92. The summed E-state index contributed by atoms with van der Waals surface area (Å²) in [4.78, 5) is 53.3. The Balaban J connectivity index is 1.78. The van der Waals surface area contributed by atoms with E-state index in [4.69, 9.17) is 21.1 Å². The smallest absolute Gasteiger partial charge is 0.311 e. The maximum Gasteiger partial charge on any atom is 0.311 e. The summed E-state index contributed by atoms with van der Waals surface area (Å²) in [7, 11) is 3.23. The third-order valence-electron chi connectivity index (χ3n) is 6.72. The third-order valence-corrected chi connectivity index (χ3v) is 7.01. The zero-order valence-corrected chi connectivity index (χ0v) is 21.0. The van der Waals surface area contributed by atoms with Crippen molar-refractivity contribution in [3.8, 4) is 5.75 Å². The number of amides is 2. The van der Waals surface area contributed by atoms with Crippen LogP contribution in [0.5, 0.6) is 5.75 Å². The molecule has 4 rings (SSSR count). The van der Waals surface area contributed by atoms with E-state index in [0.717, 1.165) is 0 Å². The molecule has 1 aromatic carbocycles. The van der Waals surface area contributed by atoms with Gasteiger partial charge in [0.05, 0.1) is 10.6 Å². The number of hydrogen-bond donors (Lipinski definition) is 1. The van der Waals surface area contributed by atoms with E-state index in [1.165, 1.54) is 23.2 Å². The Bertz CT molecular complexity index is 1290. The van der Waals surface area contributed by atoms with E-state index in [-0.39, 0.29) is 40.7 Å². The van der Waals surface area contributed by atoms with Crippen LogP contribution in [0.2, 0.25) is 5.02 Å². The van der Waals surface area contributed by atoms with Crippen molar-refractivity contribution in [2.24, 2.45) is 5.92 Å². The summed E-state index contributed by atoms with van der Waals surface area (Å²) >= 11 is 5.81. The lowest BCUT2D eigenvalue weighted by molar-refractivity contribution is -0.134. The minimum atomic E-state index is -0.890. The van der Waals surface area contributed by atoms with Gasteiger partial charge in [-0.1, -0.05) is 30.7 Å². The highest BCUT2D eigenvalue weighted by molar-refractivity contribution is 6.30. The number of methoxy groups -OCH3 is 1. The van der Waals surface area contributed by atoms with Gasteiger partial charge in [-0.15, -0.1) is 0 Å². The highest BCUT2D eigenvalue weighted by atomic mass is 35.5. The summed E-state index contributed by atoms with van der Waals surface area (Å²) in [6, 6.07) is 4.39. The molecule has 1 aromatic heterocycles. The number of nitrogens with zero attached hydrogens (tertiary/aromatic N) is 2. The maximum absolute atomic E-state index is 14.3. The fourth-order valence-corrected chi connectivity index (χ4v) is 5.22. The van der Waals surface area contributed by atoms with Gasteiger partial charge in [0.2, 0.25) is 11.2 Å². The lowest BCUT2D eigenvalue weighted by atomic mass is 9.67. The summed E-state index contributed by atoms with van der Waals surface area (Å²) in [5, 5.41) is 2.44. The van der Waals surface area contributed by atoms with E-state index < -0.39 is 40.3 Å². The van der Waals surface area contributed by atoms with Gasteiger partial charge < -0.3 is 24.3 Å². The van der Waals surface area contributed by atoms with Crippen molar-refractivity contribution in [3.63, 3.8) is 0 Å². The van der Waals surface area contributed by atoms with E-state index >= 15 is 0 Å². The number of pyridine rings is 1. The average molecular weight is 520 g/mol. The molecule has 2 amide bonds. The van der Waals surface area contributed by atoms with Gasteiger partial charge in [0.1, 0.15) is 11.4 Å². The Morgan fingerprint density at radius 3 is 2.67 bits per heavy atom. The minimum Gasteiger partial charge on any atom is -0.420 e. The van der Waals surface area contributed by atoms with E-state index in [2.05, 4.69) is 5.32 Å². The Hall–Kier alpha value is -3.24. The number of ether oxygens (including phenoxy) is 2. The molecular formula is C25H27ClFN3O6. The first kappa shape index (κ1) is 25.8. The Morgan fingerprint density at radius 2 is 2.00 bits per heavy atom. The number of likely N-dealkylation sites (N-methyl/N-ethyl adjacent to an activating group) is 1. The molecule has 2 aliphatic rings. The quantitative estimate of drug-likeness (QED) is 0.564. The zero-order valence-electron chi connectivity index (χ0n) is 20.2. The van der Waals surface area contributed by atoms with Crippen LogP contribution in [-0.2, 0) is 21.6 Å². The van der Waals surface area contributed by atoms with Crippen molar-refractivity contribution < 1.29 is 28.2 Å². The molecule has 1 fully saturated rings. The van der Waals surface area contributed by atoms with E-state index in [0.29, 0.717) is 26.0 Å². The molecule has 1 N–H and O–H groups in total.